The van der Waals surface area contributed by atoms with Crippen LogP contribution in [0, 0.1) is 0 Å². The highest BCUT2D eigenvalue weighted by molar-refractivity contribution is 5.71. The molecule has 0 saturated carbocycles. The van der Waals surface area contributed by atoms with E-state index in [1.54, 1.807) is 0 Å². The summed E-state index contributed by atoms with van der Waals surface area (Å²) in [6, 6.07) is 0. The first kappa shape index (κ1) is 78.3. The zero-order valence-electron chi connectivity index (χ0n) is 53.9. The summed E-state index contributed by atoms with van der Waals surface area (Å²) < 4.78 is 16.9. The summed E-state index contributed by atoms with van der Waals surface area (Å²) in [6.07, 6.45) is 100. The highest BCUT2D eigenvalue weighted by atomic mass is 16.6. The molecular formula is C77H126O6. The van der Waals surface area contributed by atoms with Crippen molar-refractivity contribution in [3.63, 3.8) is 0 Å². The summed E-state index contributed by atoms with van der Waals surface area (Å²) in [4.78, 5) is 38.4. The number of esters is 3. The number of rotatable bonds is 61. The van der Waals surface area contributed by atoms with Crippen molar-refractivity contribution < 1.29 is 28.6 Å². The zero-order chi connectivity index (χ0) is 59.9. The number of ether oxygens (including phenoxy) is 3. The fourth-order valence-corrected chi connectivity index (χ4v) is 9.23. The van der Waals surface area contributed by atoms with E-state index >= 15 is 0 Å². The van der Waals surface area contributed by atoms with Crippen molar-refractivity contribution in [3.8, 4) is 0 Å². The van der Waals surface area contributed by atoms with Gasteiger partial charge in [-0.1, -0.05) is 289 Å². The SMILES string of the molecule is CC/C=C\C/C=C\C/C=C\C/C=C\C/C=C\C/C=C\CCCCCCCCCCCCCCC(=O)OCC(COC(=O)CCCCC/C=C\C/C=C\C/C=C\CC)OC(=O)CCCCCCCC/C=C\C/C=C\C/C=C\CCCCCCC. The zero-order valence-corrected chi connectivity index (χ0v) is 53.9. The van der Waals surface area contributed by atoms with Gasteiger partial charge in [0.25, 0.3) is 0 Å². The molecule has 0 spiro atoms. The molecule has 0 fully saturated rings. The molecule has 0 saturated heterocycles. The van der Waals surface area contributed by atoms with E-state index in [0.717, 1.165) is 148 Å². The van der Waals surface area contributed by atoms with Crippen molar-refractivity contribution >= 4 is 17.9 Å². The minimum absolute atomic E-state index is 0.0975. The Labute approximate surface area is 512 Å². The molecule has 6 heteroatoms. The smallest absolute Gasteiger partial charge is 0.306 e. The van der Waals surface area contributed by atoms with Crippen LogP contribution in [0.25, 0.3) is 0 Å². The van der Waals surface area contributed by atoms with Gasteiger partial charge in [-0.2, -0.15) is 0 Å². The second-order valence-electron chi connectivity index (χ2n) is 22.3. The lowest BCUT2D eigenvalue weighted by Crippen LogP contribution is -2.30. The van der Waals surface area contributed by atoms with Crippen molar-refractivity contribution in [1.29, 1.82) is 0 Å². The van der Waals surface area contributed by atoms with Gasteiger partial charge in [-0.15, -0.1) is 0 Å². The number of allylic oxidation sites excluding steroid dienone is 24. The maximum atomic E-state index is 12.9. The monoisotopic (exact) mass is 1150 g/mol. The second-order valence-corrected chi connectivity index (χ2v) is 22.3. The molecule has 0 bridgehead atoms. The highest BCUT2D eigenvalue weighted by Crippen LogP contribution is 2.16. The van der Waals surface area contributed by atoms with E-state index < -0.39 is 6.10 Å². The van der Waals surface area contributed by atoms with E-state index in [1.165, 1.54) is 116 Å². The van der Waals surface area contributed by atoms with Crippen LogP contribution in [0.15, 0.2) is 146 Å². The molecule has 0 rings (SSSR count). The first-order valence-electron chi connectivity index (χ1n) is 34.3. The van der Waals surface area contributed by atoms with Crippen LogP contribution in [0.5, 0.6) is 0 Å². The molecule has 0 aliphatic rings. The molecule has 0 aliphatic heterocycles. The summed E-state index contributed by atoms with van der Waals surface area (Å²) in [6.45, 7) is 6.37. The van der Waals surface area contributed by atoms with Crippen LogP contribution >= 0.6 is 0 Å². The molecule has 6 nitrogen and oxygen atoms in total. The molecule has 470 valence electrons. The van der Waals surface area contributed by atoms with Crippen molar-refractivity contribution in [3.05, 3.63) is 146 Å². The van der Waals surface area contributed by atoms with E-state index in [4.69, 9.17) is 14.2 Å². The molecule has 0 aliphatic carbocycles. The lowest BCUT2D eigenvalue weighted by Gasteiger charge is -2.18. The van der Waals surface area contributed by atoms with Crippen molar-refractivity contribution in [1.82, 2.24) is 0 Å². The topological polar surface area (TPSA) is 78.9 Å². The number of hydrogen-bond donors (Lipinski definition) is 0. The number of carbonyl (C=O) groups is 3. The molecule has 0 aromatic carbocycles. The first-order chi connectivity index (χ1) is 41.0. The second kappa shape index (κ2) is 69.8. The Morgan fingerprint density at radius 3 is 0.747 bits per heavy atom. The molecule has 1 unspecified atom stereocenters. The lowest BCUT2D eigenvalue weighted by atomic mass is 10.0. The third kappa shape index (κ3) is 68.0. The largest absolute Gasteiger partial charge is 0.462 e. The summed E-state index contributed by atoms with van der Waals surface area (Å²) in [5, 5.41) is 0. The van der Waals surface area contributed by atoms with Gasteiger partial charge in [-0.3, -0.25) is 14.4 Å². The average molecular weight is 1150 g/mol. The van der Waals surface area contributed by atoms with Crippen molar-refractivity contribution in [2.24, 2.45) is 0 Å². The Hall–Kier alpha value is -4.71. The van der Waals surface area contributed by atoms with Crippen LogP contribution in [-0.4, -0.2) is 37.2 Å². The van der Waals surface area contributed by atoms with Crippen LogP contribution in [0.1, 0.15) is 303 Å². The Bertz CT molecular complexity index is 1800. The van der Waals surface area contributed by atoms with Crippen LogP contribution in [0.4, 0.5) is 0 Å². The summed E-state index contributed by atoms with van der Waals surface area (Å²) in [5.74, 6) is -0.939. The van der Waals surface area contributed by atoms with Gasteiger partial charge in [0.2, 0.25) is 0 Å². The molecule has 0 N–H and O–H groups in total. The molecule has 83 heavy (non-hydrogen) atoms. The normalized spacial score (nSPS) is 13.0. The van der Waals surface area contributed by atoms with Gasteiger partial charge >= 0.3 is 17.9 Å². The van der Waals surface area contributed by atoms with Crippen molar-refractivity contribution in [2.75, 3.05) is 13.2 Å². The van der Waals surface area contributed by atoms with Crippen LogP contribution < -0.4 is 0 Å². The fourth-order valence-electron chi connectivity index (χ4n) is 9.23. The van der Waals surface area contributed by atoms with Gasteiger partial charge in [-0.25, -0.2) is 0 Å². The van der Waals surface area contributed by atoms with Crippen LogP contribution in [0.3, 0.4) is 0 Å². The van der Waals surface area contributed by atoms with Gasteiger partial charge in [-0.05, 0) is 141 Å². The number of carbonyl (C=O) groups excluding carboxylic acids is 3. The van der Waals surface area contributed by atoms with E-state index in [1.807, 2.05) is 0 Å². The van der Waals surface area contributed by atoms with Gasteiger partial charge in [0.1, 0.15) is 13.2 Å². The molecule has 0 aromatic rings. The molecule has 0 heterocycles. The maximum Gasteiger partial charge on any atom is 0.306 e. The third-order valence-corrected chi connectivity index (χ3v) is 14.3. The van der Waals surface area contributed by atoms with E-state index in [9.17, 15) is 14.4 Å². The van der Waals surface area contributed by atoms with E-state index in [-0.39, 0.29) is 31.1 Å². The average Bonchev–Trinajstić information content (AvgIpc) is 3.49. The standard InChI is InChI=1S/C77H126O6/c1-4-7-10-13-16-19-22-25-27-29-31-33-34-35-36-37-38-39-40-41-42-44-45-47-49-52-55-58-61-64-67-70-76(79)82-73-74(72-81-75(78)69-66-63-60-57-54-51-24-21-18-15-12-9-6-3)83-77(80)71-68-65-62-59-56-53-50-48-46-43-32-30-28-26-23-20-17-14-11-8-5-2/h7,9-10,12,16,18-19,21,23,25-27,30-33,35-36,38-39,46,48,51,54,74H,4-6,8,11,13-15,17,20,22,24,28-29,34,37,40-45,47,49-50,52-53,55-73H2,1-3H3/b10-7-,12-9-,19-16-,21-18-,26-23-,27-25-,32-30-,33-31-,36-35-,39-38-,48-46-,54-51-. The molecular weight excluding hydrogens is 1020 g/mol. The third-order valence-electron chi connectivity index (χ3n) is 14.3. The maximum absolute atomic E-state index is 12.9. The predicted octanol–water partition coefficient (Wildman–Crippen LogP) is 23.9. The van der Waals surface area contributed by atoms with Crippen molar-refractivity contribution in [2.45, 2.75) is 309 Å². The number of unbranched alkanes of at least 4 members (excludes halogenated alkanes) is 26. The Morgan fingerprint density at radius 2 is 0.470 bits per heavy atom. The van der Waals surface area contributed by atoms with E-state index in [0.29, 0.717) is 19.3 Å². The Balaban J connectivity index is 4.32. The quantitative estimate of drug-likeness (QED) is 0.0261. The van der Waals surface area contributed by atoms with Gasteiger partial charge in [0, 0.05) is 19.3 Å². The first-order valence-corrected chi connectivity index (χ1v) is 34.3. The molecule has 0 aromatic heterocycles. The van der Waals surface area contributed by atoms with Crippen LogP contribution in [-0.2, 0) is 28.6 Å². The molecule has 0 amide bonds. The fraction of sp³-hybridized carbons (Fsp3) is 0.649. The summed E-state index contributed by atoms with van der Waals surface area (Å²) in [5.41, 5.74) is 0. The Kier molecular flexibility index (Phi) is 65.8. The van der Waals surface area contributed by atoms with Gasteiger partial charge < -0.3 is 14.2 Å². The van der Waals surface area contributed by atoms with Gasteiger partial charge in [0.05, 0.1) is 0 Å². The summed E-state index contributed by atoms with van der Waals surface area (Å²) >= 11 is 0. The van der Waals surface area contributed by atoms with Gasteiger partial charge in [0.15, 0.2) is 6.10 Å². The summed E-state index contributed by atoms with van der Waals surface area (Å²) in [7, 11) is 0. The highest BCUT2D eigenvalue weighted by Gasteiger charge is 2.19. The number of hydrogen-bond acceptors (Lipinski definition) is 6. The van der Waals surface area contributed by atoms with Crippen LogP contribution in [0.2, 0.25) is 0 Å². The lowest BCUT2D eigenvalue weighted by molar-refractivity contribution is -0.167. The molecule has 0 radical (unpaired) electrons. The minimum Gasteiger partial charge on any atom is -0.462 e. The Morgan fingerprint density at radius 1 is 0.253 bits per heavy atom. The minimum atomic E-state index is -0.805. The molecule has 1 atom stereocenters. The predicted molar refractivity (Wildman–Crippen MR) is 362 cm³/mol. The van der Waals surface area contributed by atoms with E-state index in [2.05, 4.69) is 167 Å².